The number of hydrogen-bond donors (Lipinski definition) is 0. The van der Waals surface area contributed by atoms with Gasteiger partial charge in [0, 0.05) is 81.0 Å². The van der Waals surface area contributed by atoms with Gasteiger partial charge in [0.2, 0.25) is 0 Å². The van der Waals surface area contributed by atoms with Crippen LogP contribution in [0.3, 0.4) is 0 Å². The summed E-state index contributed by atoms with van der Waals surface area (Å²) in [5.74, 6) is 0.877. The third-order valence-corrected chi connectivity index (χ3v) is 19.6. The first-order valence-corrected chi connectivity index (χ1v) is 36.3. The monoisotopic (exact) mass is 1960 g/mol. The van der Waals surface area contributed by atoms with Crippen molar-refractivity contribution in [2.45, 2.75) is 119 Å². The zero-order chi connectivity index (χ0) is 74.2. The van der Waals surface area contributed by atoms with Crippen LogP contribution in [-0.2, 0) is 84.9 Å². The summed E-state index contributed by atoms with van der Waals surface area (Å²) in [6, 6.07) is 91.8. The minimum Gasteiger partial charge on any atom is -0.510 e. The molecule has 554 valence electrons. The molecule has 0 bridgehead atoms. The standard InChI is InChI=1S/C36H31N3.C32H31N3.C29H26N3.3Pt/c1-24-9-6-10-25(2)34(24)39-20-19-38-35(39)29-13-7-12-27(21-29)31-14-8-11-26-15-16-28(22-32(26)31)33-23-30(17-18-37-33)36(3,4)5;1-31(2,3)25-15-16-33-30(19-25)24-14-13-22-9-8-12-28(29(22)18-24)23-10-7-11-27(17-23)35-21-26(20-34-35)32(4,5)6;1-29(2,3)24-13-14-30-28(19-24)23-12-11-21-7-6-10-26(27(21)18-23)22-8-5-9-25(17-22)32-16-15-31(4)20-32;;;/h6-20,23H,1-5H3;7-16,19-21H,1-6H3;5-16,19-20H,1-4H3;;;/q2*-2;-3;;2*+2. The van der Waals surface area contributed by atoms with E-state index in [0.29, 0.717) is 0 Å². The summed E-state index contributed by atoms with van der Waals surface area (Å²) < 4.78 is 4.08. The molecule has 1 aliphatic rings. The van der Waals surface area contributed by atoms with Crippen LogP contribution in [0, 0.1) is 56.9 Å². The van der Waals surface area contributed by atoms with Crippen molar-refractivity contribution < 1.29 is 63.2 Å². The van der Waals surface area contributed by atoms with Crippen LogP contribution in [0.1, 0.15) is 116 Å². The zero-order valence-electron chi connectivity index (χ0n) is 64.3. The molecule has 6 heterocycles. The van der Waals surface area contributed by atoms with Crippen molar-refractivity contribution in [2.75, 3.05) is 11.9 Å². The van der Waals surface area contributed by atoms with Crippen molar-refractivity contribution >= 4 is 38.0 Å². The molecule has 0 aliphatic carbocycles. The van der Waals surface area contributed by atoms with Gasteiger partial charge < -0.3 is 14.4 Å². The molecule has 10 aromatic carbocycles. The van der Waals surface area contributed by atoms with Crippen molar-refractivity contribution in [3.63, 3.8) is 0 Å². The van der Waals surface area contributed by atoms with Crippen molar-refractivity contribution in [3.05, 3.63) is 332 Å². The summed E-state index contributed by atoms with van der Waals surface area (Å²) in [5, 5.41) is 11.2. The number of fused-ring (bicyclic) bond motifs is 3. The Hall–Kier alpha value is -9.75. The number of imidazole rings is 1. The first kappa shape index (κ1) is 80.3. The van der Waals surface area contributed by atoms with Crippen LogP contribution in [0.4, 0.5) is 5.69 Å². The Labute approximate surface area is 687 Å². The number of para-hydroxylation sites is 1. The number of nitrogens with zero attached hydrogens (tertiary/aromatic N) is 9. The number of anilines is 1. The van der Waals surface area contributed by atoms with Gasteiger partial charge in [-0.05, 0) is 112 Å². The van der Waals surface area contributed by atoms with Crippen molar-refractivity contribution in [2.24, 2.45) is 0 Å². The van der Waals surface area contributed by atoms with Gasteiger partial charge in [0.25, 0.3) is 0 Å². The number of pyridine rings is 3. The molecule has 0 saturated carbocycles. The van der Waals surface area contributed by atoms with Gasteiger partial charge in [-0.25, -0.2) is 0 Å². The largest absolute Gasteiger partial charge is 2.00 e. The van der Waals surface area contributed by atoms with E-state index < -0.39 is 0 Å². The van der Waals surface area contributed by atoms with Crippen molar-refractivity contribution in [1.29, 1.82) is 0 Å². The van der Waals surface area contributed by atoms with E-state index in [-0.39, 0.29) is 84.9 Å². The van der Waals surface area contributed by atoms with Crippen LogP contribution >= 0.6 is 0 Å². The molecule has 0 amide bonds. The number of aromatic nitrogens is 7. The molecule has 1 aliphatic heterocycles. The average molecular weight is 1970 g/mol. The van der Waals surface area contributed by atoms with Crippen LogP contribution in [0.15, 0.2) is 256 Å². The van der Waals surface area contributed by atoms with E-state index in [9.17, 15) is 0 Å². The summed E-state index contributed by atoms with van der Waals surface area (Å²) in [6.07, 6.45) is 17.7. The molecule has 5 aromatic heterocycles. The molecule has 0 N–H and O–H groups in total. The topological polar surface area (TPSA) is 80.8 Å². The molecule has 0 atom stereocenters. The van der Waals surface area contributed by atoms with E-state index >= 15 is 0 Å². The fraction of sp³-hybridized carbons (Fsp3) is 0.196. The van der Waals surface area contributed by atoms with E-state index in [2.05, 4.69) is 363 Å². The predicted octanol–water partition coefficient (Wildman–Crippen LogP) is 23.7. The molecule has 16 rings (SSSR count). The van der Waals surface area contributed by atoms with Gasteiger partial charge in [0.15, 0.2) is 0 Å². The number of benzene rings is 10. The molecule has 9 nitrogen and oxygen atoms in total. The van der Waals surface area contributed by atoms with Gasteiger partial charge in [-0.1, -0.05) is 229 Å². The molecule has 0 radical (unpaired) electrons. The Morgan fingerprint density at radius 1 is 0.367 bits per heavy atom. The second kappa shape index (κ2) is 33.2. The normalized spacial score (nSPS) is 12.2. The Bertz CT molecular complexity index is 5760. The first-order chi connectivity index (χ1) is 50.8. The smallest absolute Gasteiger partial charge is 0.510 e. The second-order valence-corrected chi connectivity index (χ2v) is 31.6. The van der Waals surface area contributed by atoms with Crippen molar-refractivity contribution in [3.8, 4) is 89.9 Å². The number of hydrogen-bond acceptors (Lipinski definition) is 7. The minimum atomic E-state index is 0. The van der Waals surface area contributed by atoms with E-state index in [4.69, 9.17) is 4.98 Å². The van der Waals surface area contributed by atoms with Gasteiger partial charge in [0.05, 0.1) is 12.0 Å². The van der Waals surface area contributed by atoms with Crippen LogP contribution < -0.4 is 4.90 Å². The summed E-state index contributed by atoms with van der Waals surface area (Å²) in [5.41, 5.74) is 23.9. The maximum Gasteiger partial charge on any atom is 2.00 e. The fourth-order valence-corrected chi connectivity index (χ4v) is 13.4. The Kier molecular flexibility index (Phi) is 24.5. The summed E-state index contributed by atoms with van der Waals surface area (Å²) in [7, 11) is 2.02. The van der Waals surface area contributed by atoms with Gasteiger partial charge >= 0.3 is 42.1 Å². The molecule has 0 unspecified atom stereocenters. The minimum absolute atomic E-state index is 0. The van der Waals surface area contributed by atoms with E-state index in [1.807, 2.05) is 78.9 Å². The Balaban J connectivity index is 0.000000161. The fourth-order valence-electron chi connectivity index (χ4n) is 13.4. The van der Waals surface area contributed by atoms with Crippen LogP contribution in [-0.4, -0.2) is 46.2 Å². The summed E-state index contributed by atoms with van der Waals surface area (Å²) in [4.78, 5) is 22.8. The maximum absolute atomic E-state index is 4.74. The van der Waals surface area contributed by atoms with Gasteiger partial charge in [0.1, 0.15) is 0 Å². The average Bonchev–Trinajstić information content (AvgIpc) is 1.47. The summed E-state index contributed by atoms with van der Waals surface area (Å²) >= 11 is 0. The molecule has 0 saturated heterocycles. The number of aryl methyl sites for hydroxylation is 2. The molecular weight excluding hydrogens is 1880 g/mol. The molecular formula is C97H88N9Pt3-3. The second-order valence-electron chi connectivity index (χ2n) is 31.6. The van der Waals surface area contributed by atoms with Gasteiger partial charge in [-0.2, -0.15) is 11.8 Å². The SMILES string of the molecule is CC(C)(C)c1ccnc(-c2[c-]c3c(-c4[c-]c(-n5cc(C(C)(C)C)cn5)ccc4)cccc3cc2)c1.CN1C=CN(c2[c-]c(-c3cccc4ccc(-c5cc(C(C)(C)C)ccn5)[c-]c34)ccc2)[CH-]1.Cc1cccc(C)c1-n1ccnc1-c1[c-]c(-c2cccc3ccc(-c4cc(C(C)(C)C)ccn4)[c-]c23)ccc1.[Pt+2].[Pt+2].[Pt]. The Morgan fingerprint density at radius 2 is 0.761 bits per heavy atom. The van der Waals surface area contributed by atoms with Gasteiger partial charge in [-0.3, -0.25) is 24.6 Å². The molecule has 109 heavy (non-hydrogen) atoms. The van der Waals surface area contributed by atoms with E-state index in [0.717, 1.165) is 128 Å². The van der Waals surface area contributed by atoms with Gasteiger partial charge in [-0.15, -0.1) is 166 Å². The Morgan fingerprint density at radius 3 is 1.18 bits per heavy atom. The van der Waals surface area contributed by atoms with Crippen LogP contribution in [0.5, 0.6) is 0 Å². The third-order valence-electron chi connectivity index (χ3n) is 19.6. The third kappa shape index (κ3) is 17.9. The molecule has 0 fully saturated rings. The van der Waals surface area contributed by atoms with Crippen LogP contribution in [0.2, 0.25) is 0 Å². The molecule has 15 aromatic rings. The van der Waals surface area contributed by atoms with E-state index in [1.165, 1.54) is 33.4 Å². The van der Waals surface area contributed by atoms with Crippen molar-refractivity contribution in [1.82, 2.24) is 39.2 Å². The maximum atomic E-state index is 4.74. The predicted molar refractivity (Wildman–Crippen MR) is 438 cm³/mol. The number of rotatable bonds is 10. The first-order valence-electron chi connectivity index (χ1n) is 36.3. The summed E-state index contributed by atoms with van der Waals surface area (Å²) in [6.45, 7) is 32.9. The van der Waals surface area contributed by atoms with Crippen LogP contribution in [0.25, 0.3) is 122 Å². The molecule has 0 spiro atoms. The quantitative estimate of drug-likeness (QED) is 0.126. The zero-order valence-corrected chi connectivity index (χ0v) is 71.1. The van der Waals surface area contributed by atoms with E-state index in [1.54, 1.807) is 0 Å². The molecule has 12 heteroatoms.